The summed E-state index contributed by atoms with van der Waals surface area (Å²) in [5.41, 5.74) is 2.03. The summed E-state index contributed by atoms with van der Waals surface area (Å²) in [5.74, 6) is -0.559. The molecule has 0 atom stereocenters. The topological polar surface area (TPSA) is 157 Å². The van der Waals surface area contributed by atoms with Crippen molar-refractivity contribution in [2.24, 2.45) is 0 Å². The second-order valence-electron chi connectivity index (χ2n) is 12.2. The number of fused-ring (bicyclic) bond motifs is 1. The van der Waals surface area contributed by atoms with Crippen LogP contribution in [0, 0.1) is 0 Å². The van der Waals surface area contributed by atoms with Gasteiger partial charge in [-0.1, -0.05) is 42.5 Å². The smallest absolute Gasteiger partial charge is 0.261 e. The van der Waals surface area contributed by atoms with E-state index in [0.717, 1.165) is 5.56 Å². The van der Waals surface area contributed by atoms with Crippen molar-refractivity contribution in [3.8, 4) is 0 Å². The van der Waals surface area contributed by atoms with Crippen LogP contribution in [0.2, 0.25) is 0 Å². The summed E-state index contributed by atoms with van der Waals surface area (Å²) in [7, 11) is 0. The molecule has 57 heavy (non-hydrogen) atoms. The lowest BCUT2D eigenvalue weighted by molar-refractivity contribution is -0.0292. The van der Waals surface area contributed by atoms with Crippen LogP contribution in [0.15, 0.2) is 54.6 Å². The van der Waals surface area contributed by atoms with Crippen molar-refractivity contribution >= 4 is 11.8 Å². The summed E-state index contributed by atoms with van der Waals surface area (Å²) < 4.78 is 71.5. The van der Waals surface area contributed by atoms with Crippen LogP contribution in [0.5, 0.6) is 0 Å². The van der Waals surface area contributed by atoms with Crippen LogP contribution in [-0.2, 0) is 68.2 Å². The Balaban J connectivity index is 0.891. The Morgan fingerprint density at radius 1 is 0.298 bits per heavy atom. The Hall–Kier alpha value is -2.94. The van der Waals surface area contributed by atoms with Crippen LogP contribution < -0.4 is 0 Å². The number of imide groups is 1. The molecular formula is C41H63NO15. The molecular weight excluding hydrogens is 746 g/mol. The van der Waals surface area contributed by atoms with Crippen LogP contribution >= 0.6 is 0 Å². The SMILES string of the molecule is O=C1c2ccccc2C(=O)N1CCOCCOCCOCCOCCOCCOCCOCCOCCOCCOCCOCCOCCOCc1ccccc1. The number of nitrogens with zero attached hydrogens (tertiary/aromatic N) is 1. The van der Waals surface area contributed by atoms with Crippen molar-refractivity contribution in [1.29, 1.82) is 0 Å². The zero-order chi connectivity index (χ0) is 40.1. The van der Waals surface area contributed by atoms with Crippen LogP contribution in [-0.4, -0.2) is 188 Å². The lowest BCUT2D eigenvalue weighted by atomic mass is 10.1. The van der Waals surface area contributed by atoms with Crippen LogP contribution in [0.1, 0.15) is 26.3 Å². The van der Waals surface area contributed by atoms with E-state index in [9.17, 15) is 9.59 Å². The molecule has 0 saturated heterocycles. The Bertz CT molecular complexity index is 1220. The number of carbonyl (C=O) groups excluding carboxylic acids is 2. The lowest BCUT2D eigenvalue weighted by Crippen LogP contribution is -2.33. The number of rotatable bonds is 41. The van der Waals surface area contributed by atoms with Gasteiger partial charge in [0.05, 0.1) is 189 Å². The molecule has 0 unspecified atom stereocenters. The summed E-state index contributed by atoms with van der Waals surface area (Å²) in [6.07, 6.45) is 0. The highest BCUT2D eigenvalue weighted by atomic mass is 16.6. The monoisotopic (exact) mass is 809 g/mol. The molecule has 1 aliphatic rings. The van der Waals surface area contributed by atoms with Gasteiger partial charge in [-0.2, -0.15) is 0 Å². The molecule has 322 valence electrons. The van der Waals surface area contributed by atoms with E-state index in [4.69, 9.17) is 61.6 Å². The van der Waals surface area contributed by atoms with Gasteiger partial charge >= 0.3 is 0 Å². The van der Waals surface area contributed by atoms with E-state index in [0.29, 0.717) is 176 Å². The molecule has 0 aromatic heterocycles. The van der Waals surface area contributed by atoms with Crippen molar-refractivity contribution < 1.29 is 71.2 Å². The standard InChI is InChI=1S/C41H63NO15/c43-40-38-8-4-5-9-39(38)41(44)42(40)10-11-45-12-13-46-14-15-47-16-17-48-18-19-49-20-21-50-22-23-51-24-25-52-26-27-53-28-29-54-30-31-55-32-33-56-34-35-57-36-37-6-2-1-3-7-37/h1-9H,10-36H2. The first-order chi connectivity index (χ1) is 28.3. The number of ether oxygens (including phenoxy) is 13. The van der Waals surface area contributed by atoms with Gasteiger partial charge in [-0.15, -0.1) is 0 Å². The summed E-state index contributed by atoms with van der Waals surface area (Å²) >= 11 is 0. The quantitative estimate of drug-likeness (QED) is 0.0713. The van der Waals surface area contributed by atoms with E-state index in [1.807, 2.05) is 30.3 Å². The number of benzene rings is 2. The molecule has 0 aliphatic carbocycles. The van der Waals surface area contributed by atoms with Gasteiger partial charge in [-0.3, -0.25) is 14.5 Å². The first kappa shape index (κ1) is 48.4. The van der Waals surface area contributed by atoms with Gasteiger partial charge in [0.25, 0.3) is 11.8 Å². The third-order valence-electron chi connectivity index (χ3n) is 7.91. The number of amides is 2. The molecule has 3 rings (SSSR count). The van der Waals surface area contributed by atoms with Crippen molar-refractivity contribution in [3.63, 3.8) is 0 Å². The van der Waals surface area contributed by atoms with E-state index in [2.05, 4.69) is 0 Å². The highest BCUT2D eigenvalue weighted by Crippen LogP contribution is 2.21. The highest BCUT2D eigenvalue weighted by molar-refractivity contribution is 6.21. The minimum absolute atomic E-state index is 0.211. The van der Waals surface area contributed by atoms with Gasteiger partial charge in [-0.25, -0.2) is 0 Å². The fourth-order valence-electron chi connectivity index (χ4n) is 5.00. The molecule has 0 radical (unpaired) electrons. The number of hydrogen-bond donors (Lipinski definition) is 0. The lowest BCUT2D eigenvalue weighted by Gasteiger charge is -2.13. The fraction of sp³-hybridized carbons (Fsp3) is 0.659. The molecule has 1 aliphatic heterocycles. The van der Waals surface area contributed by atoms with Gasteiger partial charge in [0.15, 0.2) is 0 Å². The Labute approximate surface area is 337 Å². The first-order valence-corrected chi connectivity index (χ1v) is 19.8. The summed E-state index contributed by atoms with van der Waals surface area (Å²) in [5, 5.41) is 0. The van der Waals surface area contributed by atoms with Gasteiger partial charge in [-0.05, 0) is 17.7 Å². The maximum Gasteiger partial charge on any atom is 0.261 e. The molecule has 16 nitrogen and oxygen atoms in total. The molecule has 2 aromatic carbocycles. The van der Waals surface area contributed by atoms with Crippen molar-refractivity contribution in [2.45, 2.75) is 6.61 Å². The zero-order valence-corrected chi connectivity index (χ0v) is 33.4. The predicted molar refractivity (Wildman–Crippen MR) is 208 cm³/mol. The minimum Gasteiger partial charge on any atom is -0.377 e. The summed E-state index contributed by atoms with van der Waals surface area (Å²) in [4.78, 5) is 25.9. The van der Waals surface area contributed by atoms with E-state index in [1.165, 1.54) is 4.90 Å². The third-order valence-corrected chi connectivity index (χ3v) is 7.91. The second kappa shape index (κ2) is 35.0. The Morgan fingerprint density at radius 2 is 0.544 bits per heavy atom. The number of hydrogen-bond acceptors (Lipinski definition) is 15. The van der Waals surface area contributed by atoms with E-state index in [1.54, 1.807) is 24.3 Å². The number of carbonyl (C=O) groups is 2. The first-order valence-electron chi connectivity index (χ1n) is 19.8. The maximum atomic E-state index is 12.3. The van der Waals surface area contributed by atoms with Gasteiger partial charge in [0, 0.05) is 0 Å². The maximum absolute atomic E-state index is 12.3. The molecule has 0 fully saturated rings. The fourth-order valence-corrected chi connectivity index (χ4v) is 5.00. The molecule has 1 heterocycles. The predicted octanol–water partition coefficient (Wildman–Crippen LogP) is 2.70. The minimum atomic E-state index is -0.279. The molecule has 16 heteroatoms. The summed E-state index contributed by atoms with van der Waals surface area (Å²) in [6.45, 7) is 12.6. The van der Waals surface area contributed by atoms with Crippen molar-refractivity contribution in [2.75, 3.05) is 172 Å². The average Bonchev–Trinajstić information content (AvgIpc) is 3.48. The molecule has 0 spiro atoms. The third kappa shape index (κ3) is 24.6. The summed E-state index contributed by atoms with van der Waals surface area (Å²) in [6, 6.07) is 16.9. The van der Waals surface area contributed by atoms with E-state index < -0.39 is 0 Å². The zero-order valence-electron chi connectivity index (χ0n) is 33.4. The van der Waals surface area contributed by atoms with E-state index >= 15 is 0 Å². The Morgan fingerprint density at radius 3 is 0.842 bits per heavy atom. The molecule has 0 N–H and O–H groups in total. The van der Waals surface area contributed by atoms with Crippen LogP contribution in [0.4, 0.5) is 0 Å². The average molecular weight is 810 g/mol. The van der Waals surface area contributed by atoms with Gasteiger partial charge in [0.2, 0.25) is 0 Å². The van der Waals surface area contributed by atoms with Gasteiger partial charge in [0.1, 0.15) is 0 Å². The highest BCUT2D eigenvalue weighted by Gasteiger charge is 2.34. The second-order valence-corrected chi connectivity index (χ2v) is 12.2. The molecule has 0 bridgehead atoms. The van der Waals surface area contributed by atoms with Crippen LogP contribution in [0.3, 0.4) is 0 Å². The molecule has 2 amide bonds. The van der Waals surface area contributed by atoms with Crippen LogP contribution in [0.25, 0.3) is 0 Å². The molecule has 0 saturated carbocycles. The normalized spacial score (nSPS) is 12.6. The van der Waals surface area contributed by atoms with Crippen molar-refractivity contribution in [3.05, 3.63) is 71.3 Å². The largest absolute Gasteiger partial charge is 0.377 e. The Kier molecular flexibility index (Phi) is 29.8. The van der Waals surface area contributed by atoms with Crippen molar-refractivity contribution in [1.82, 2.24) is 4.90 Å². The van der Waals surface area contributed by atoms with Gasteiger partial charge < -0.3 is 61.6 Å². The van der Waals surface area contributed by atoms with E-state index in [-0.39, 0.29) is 25.0 Å². The molecule has 2 aromatic rings.